The lowest BCUT2D eigenvalue weighted by Crippen LogP contribution is -2.46. The lowest BCUT2D eigenvalue weighted by molar-refractivity contribution is -0.0254. The van der Waals surface area contributed by atoms with Crippen LogP contribution in [0, 0.1) is 0 Å². The Balaban J connectivity index is 1.74. The molecule has 0 bridgehead atoms. The van der Waals surface area contributed by atoms with Gasteiger partial charge in [0.25, 0.3) is 0 Å². The molecule has 6 heteroatoms. The molecule has 21 heavy (non-hydrogen) atoms. The Morgan fingerprint density at radius 3 is 3.10 bits per heavy atom. The van der Waals surface area contributed by atoms with E-state index in [1.165, 1.54) is 7.11 Å². The van der Waals surface area contributed by atoms with Crippen molar-refractivity contribution >= 4 is 5.97 Å². The van der Waals surface area contributed by atoms with Crippen molar-refractivity contribution in [3.05, 3.63) is 29.6 Å². The number of hydrogen-bond acceptors (Lipinski definition) is 6. The molecule has 0 saturated carbocycles. The van der Waals surface area contributed by atoms with Gasteiger partial charge in [-0.2, -0.15) is 0 Å². The first-order valence-corrected chi connectivity index (χ1v) is 7.30. The number of nitrogens with zero attached hydrogens (tertiary/aromatic N) is 2. The molecule has 1 unspecified atom stereocenters. The molecule has 0 aromatic carbocycles. The second-order valence-corrected chi connectivity index (χ2v) is 5.05. The number of rotatable bonds is 6. The lowest BCUT2D eigenvalue weighted by atomic mass is 10.2. The number of carbonyl (C=O) groups excluding carboxylic acids is 1. The van der Waals surface area contributed by atoms with Gasteiger partial charge in [0.15, 0.2) is 0 Å². The van der Waals surface area contributed by atoms with Crippen LogP contribution in [0.4, 0.5) is 0 Å². The standard InChI is InChI=1S/C15H23N3O3/c1-3-18-6-7-21-14(11-18)10-16-9-13-5-4-12(8-17-13)15(19)20-2/h4-5,8,14,16H,3,6-7,9-11H2,1-2H3. The molecule has 6 nitrogen and oxygen atoms in total. The number of pyridine rings is 1. The number of carbonyl (C=O) groups is 1. The maximum Gasteiger partial charge on any atom is 0.339 e. The van der Waals surface area contributed by atoms with Crippen molar-refractivity contribution in [1.29, 1.82) is 0 Å². The Hall–Kier alpha value is -1.50. The van der Waals surface area contributed by atoms with Crippen LogP contribution in [0.1, 0.15) is 23.0 Å². The molecule has 1 atom stereocenters. The van der Waals surface area contributed by atoms with Crippen LogP contribution in [0.25, 0.3) is 0 Å². The second kappa shape index (κ2) is 8.07. The van der Waals surface area contributed by atoms with E-state index in [0.717, 1.165) is 38.5 Å². The van der Waals surface area contributed by atoms with Crippen LogP contribution in [-0.2, 0) is 16.0 Å². The molecule has 2 heterocycles. The minimum atomic E-state index is -0.364. The molecule has 1 aliphatic heterocycles. The molecule has 2 rings (SSSR count). The second-order valence-electron chi connectivity index (χ2n) is 5.05. The third-order valence-corrected chi connectivity index (χ3v) is 3.59. The number of methoxy groups -OCH3 is 1. The Morgan fingerprint density at radius 1 is 1.57 bits per heavy atom. The summed E-state index contributed by atoms with van der Waals surface area (Å²) in [6, 6.07) is 3.56. The molecule has 116 valence electrons. The summed E-state index contributed by atoms with van der Waals surface area (Å²) >= 11 is 0. The van der Waals surface area contributed by atoms with Crippen molar-refractivity contribution in [3.8, 4) is 0 Å². The number of ether oxygens (including phenoxy) is 2. The van der Waals surface area contributed by atoms with E-state index in [1.807, 2.05) is 6.07 Å². The maximum atomic E-state index is 11.3. The van der Waals surface area contributed by atoms with E-state index < -0.39 is 0 Å². The molecule has 1 saturated heterocycles. The first kappa shape index (κ1) is 15.9. The van der Waals surface area contributed by atoms with Gasteiger partial charge >= 0.3 is 5.97 Å². The van der Waals surface area contributed by atoms with Crippen LogP contribution >= 0.6 is 0 Å². The summed E-state index contributed by atoms with van der Waals surface area (Å²) in [4.78, 5) is 17.9. The third kappa shape index (κ3) is 4.77. The number of morpholine rings is 1. The van der Waals surface area contributed by atoms with Crippen molar-refractivity contribution in [2.24, 2.45) is 0 Å². The molecular weight excluding hydrogens is 270 g/mol. The quantitative estimate of drug-likeness (QED) is 0.778. The van der Waals surface area contributed by atoms with Crippen LogP contribution in [-0.4, -0.2) is 61.9 Å². The van der Waals surface area contributed by atoms with Crippen LogP contribution < -0.4 is 5.32 Å². The third-order valence-electron chi connectivity index (χ3n) is 3.59. The summed E-state index contributed by atoms with van der Waals surface area (Å²) in [7, 11) is 1.36. The maximum absolute atomic E-state index is 11.3. The highest BCUT2D eigenvalue weighted by atomic mass is 16.5. The summed E-state index contributed by atoms with van der Waals surface area (Å²) in [5.74, 6) is -0.364. The van der Waals surface area contributed by atoms with E-state index in [-0.39, 0.29) is 12.1 Å². The van der Waals surface area contributed by atoms with Crippen molar-refractivity contribution in [2.45, 2.75) is 19.6 Å². The first-order valence-electron chi connectivity index (χ1n) is 7.30. The predicted octanol–water partition coefficient (Wildman–Crippen LogP) is 0.679. The highest BCUT2D eigenvalue weighted by molar-refractivity contribution is 5.88. The van der Waals surface area contributed by atoms with E-state index in [9.17, 15) is 4.79 Å². The predicted molar refractivity (Wildman–Crippen MR) is 79.1 cm³/mol. The first-order chi connectivity index (χ1) is 10.2. The van der Waals surface area contributed by atoms with E-state index in [0.29, 0.717) is 12.1 Å². The SMILES string of the molecule is CCN1CCOC(CNCc2ccc(C(=O)OC)cn2)C1. The number of hydrogen-bond donors (Lipinski definition) is 1. The summed E-state index contributed by atoms with van der Waals surface area (Å²) in [5.41, 5.74) is 1.36. The number of aromatic nitrogens is 1. The molecule has 1 N–H and O–H groups in total. The van der Waals surface area contributed by atoms with Gasteiger partial charge in [0, 0.05) is 32.4 Å². The van der Waals surface area contributed by atoms with Gasteiger partial charge in [-0.05, 0) is 18.7 Å². The Kier molecular flexibility index (Phi) is 6.10. The monoisotopic (exact) mass is 293 g/mol. The molecule has 1 aromatic heterocycles. The number of nitrogens with one attached hydrogen (secondary N) is 1. The van der Waals surface area contributed by atoms with Crippen molar-refractivity contribution in [1.82, 2.24) is 15.2 Å². The van der Waals surface area contributed by atoms with Crippen LogP contribution in [0.2, 0.25) is 0 Å². The zero-order valence-electron chi connectivity index (χ0n) is 12.7. The Bertz CT molecular complexity index is 450. The van der Waals surface area contributed by atoms with Gasteiger partial charge < -0.3 is 14.8 Å². The Labute approximate surface area is 125 Å². The molecular formula is C15H23N3O3. The van der Waals surface area contributed by atoms with Gasteiger partial charge in [-0.1, -0.05) is 6.92 Å². The molecule has 0 amide bonds. The average Bonchev–Trinajstić information content (AvgIpc) is 2.55. The Morgan fingerprint density at radius 2 is 2.43 bits per heavy atom. The summed E-state index contributed by atoms with van der Waals surface area (Å²) in [6.45, 7) is 7.48. The molecule has 1 fully saturated rings. The highest BCUT2D eigenvalue weighted by Gasteiger charge is 2.18. The van der Waals surface area contributed by atoms with Gasteiger partial charge in [0.2, 0.25) is 0 Å². The molecule has 1 aromatic rings. The summed E-state index contributed by atoms with van der Waals surface area (Å²) in [5, 5.41) is 3.35. The van der Waals surface area contributed by atoms with Crippen molar-refractivity contribution in [2.75, 3.05) is 39.9 Å². The van der Waals surface area contributed by atoms with Crippen LogP contribution in [0.15, 0.2) is 18.3 Å². The molecule has 0 radical (unpaired) electrons. The van der Waals surface area contributed by atoms with E-state index in [2.05, 4.69) is 26.9 Å². The van der Waals surface area contributed by atoms with Gasteiger partial charge in [-0.25, -0.2) is 4.79 Å². The molecule has 0 spiro atoms. The van der Waals surface area contributed by atoms with Gasteiger partial charge in [-0.15, -0.1) is 0 Å². The number of esters is 1. The minimum Gasteiger partial charge on any atom is -0.465 e. The largest absolute Gasteiger partial charge is 0.465 e. The van der Waals surface area contributed by atoms with Crippen LogP contribution in [0.5, 0.6) is 0 Å². The van der Waals surface area contributed by atoms with E-state index in [4.69, 9.17) is 4.74 Å². The molecule has 0 aliphatic carbocycles. The topological polar surface area (TPSA) is 63.7 Å². The number of likely N-dealkylation sites (N-methyl/N-ethyl adjacent to an activating group) is 1. The fourth-order valence-electron chi connectivity index (χ4n) is 2.32. The zero-order valence-corrected chi connectivity index (χ0v) is 12.7. The normalized spacial score (nSPS) is 19.4. The van der Waals surface area contributed by atoms with Crippen molar-refractivity contribution < 1.29 is 14.3 Å². The molecule has 1 aliphatic rings. The lowest BCUT2D eigenvalue weighted by Gasteiger charge is -2.32. The average molecular weight is 293 g/mol. The smallest absolute Gasteiger partial charge is 0.339 e. The minimum absolute atomic E-state index is 0.230. The summed E-state index contributed by atoms with van der Waals surface area (Å²) < 4.78 is 10.4. The van der Waals surface area contributed by atoms with Crippen molar-refractivity contribution in [3.63, 3.8) is 0 Å². The fraction of sp³-hybridized carbons (Fsp3) is 0.600. The summed E-state index contributed by atoms with van der Waals surface area (Å²) in [6.07, 6.45) is 1.77. The van der Waals surface area contributed by atoms with Gasteiger partial charge in [0.05, 0.1) is 31.1 Å². The van der Waals surface area contributed by atoms with Gasteiger partial charge in [-0.3, -0.25) is 9.88 Å². The van der Waals surface area contributed by atoms with Crippen LogP contribution in [0.3, 0.4) is 0 Å². The highest BCUT2D eigenvalue weighted by Crippen LogP contribution is 2.05. The zero-order chi connectivity index (χ0) is 15.1. The van der Waals surface area contributed by atoms with Gasteiger partial charge in [0.1, 0.15) is 0 Å². The van der Waals surface area contributed by atoms with E-state index >= 15 is 0 Å². The van der Waals surface area contributed by atoms with E-state index in [1.54, 1.807) is 12.3 Å². The fourth-order valence-corrected chi connectivity index (χ4v) is 2.32.